The minimum atomic E-state index is -0.634. The first-order valence-corrected chi connectivity index (χ1v) is 4.15. The molecule has 0 aromatic carbocycles. The fourth-order valence-electron chi connectivity index (χ4n) is 0.580. The van der Waals surface area contributed by atoms with Crippen molar-refractivity contribution in [2.75, 3.05) is 5.75 Å². The smallest absolute Gasteiger partial charge is 0.286 e. The lowest BCUT2D eigenvalue weighted by atomic mass is 10.8. The molecule has 0 saturated heterocycles. The van der Waals surface area contributed by atoms with Gasteiger partial charge >= 0.3 is 11.4 Å². The monoisotopic (exact) mass is 185 g/mol. The summed E-state index contributed by atoms with van der Waals surface area (Å²) in [5, 5.41) is 0.309. The van der Waals surface area contributed by atoms with Gasteiger partial charge in [0.2, 0.25) is 0 Å². The van der Waals surface area contributed by atoms with Gasteiger partial charge in [0.25, 0.3) is 0 Å². The summed E-state index contributed by atoms with van der Waals surface area (Å²) < 4.78 is 0. The number of aromatic amines is 2. The zero-order chi connectivity index (χ0) is 8.97. The van der Waals surface area contributed by atoms with Crippen molar-refractivity contribution in [3.63, 3.8) is 0 Å². The van der Waals surface area contributed by atoms with E-state index in [0.29, 0.717) is 10.9 Å². The van der Waals surface area contributed by atoms with Crippen LogP contribution in [-0.4, -0.2) is 20.7 Å². The number of aromatic nitrogens is 3. The first-order valence-electron chi connectivity index (χ1n) is 3.16. The van der Waals surface area contributed by atoms with Crippen molar-refractivity contribution in [2.45, 2.75) is 5.16 Å². The molecule has 0 aliphatic heterocycles. The maximum atomic E-state index is 10.7. The van der Waals surface area contributed by atoms with E-state index in [1.165, 1.54) is 11.8 Å². The minimum absolute atomic E-state index is 0.309. The van der Waals surface area contributed by atoms with Crippen molar-refractivity contribution >= 4 is 11.8 Å². The Bertz CT molecular complexity index is 353. The van der Waals surface area contributed by atoms with Crippen molar-refractivity contribution in [3.8, 4) is 0 Å². The second kappa shape index (κ2) is 3.91. The second-order valence-electron chi connectivity index (χ2n) is 1.90. The summed E-state index contributed by atoms with van der Waals surface area (Å²) >= 11 is 1.24. The van der Waals surface area contributed by atoms with Gasteiger partial charge in [-0.3, -0.25) is 9.97 Å². The van der Waals surface area contributed by atoms with Gasteiger partial charge in [0.05, 0.1) is 0 Å². The van der Waals surface area contributed by atoms with Gasteiger partial charge in [-0.25, -0.2) is 9.59 Å². The van der Waals surface area contributed by atoms with Crippen LogP contribution in [0, 0.1) is 0 Å². The Labute approximate surface area is 71.9 Å². The molecule has 0 radical (unpaired) electrons. The van der Waals surface area contributed by atoms with E-state index in [2.05, 4.69) is 16.5 Å². The van der Waals surface area contributed by atoms with E-state index >= 15 is 0 Å². The quantitative estimate of drug-likeness (QED) is 0.502. The summed E-state index contributed by atoms with van der Waals surface area (Å²) in [6.45, 7) is 3.49. The van der Waals surface area contributed by atoms with Crippen molar-refractivity contribution in [2.24, 2.45) is 0 Å². The zero-order valence-electron chi connectivity index (χ0n) is 6.16. The number of hydrogen-bond acceptors (Lipinski definition) is 4. The van der Waals surface area contributed by atoms with Crippen LogP contribution >= 0.6 is 11.8 Å². The molecule has 12 heavy (non-hydrogen) atoms. The van der Waals surface area contributed by atoms with Crippen molar-refractivity contribution in [1.29, 1.82) is 0 Å². The third kappa shape index (κ3) is 2.39. The number of nitrogens with zero attached hydrogens (tertiary/aromatic N) is 1. The summed E-state index contributed by atoms with van der Waals surface area (Å²) in [5.74, 6) is 0.604. The lowest BCUT2D eigenvalue weighted by Gasteiger charge is -1.93. The molecule has 6 heteroatoms. The van der Waals surface area contributed by atoms with Crippen LogP contribution in [-0.2, 0) is 0 Å². The molecule has 0 fully saturated rings. The lowest BCUT2D eigenvalue weighted by molar-refractivity contribution is 0.823. The molecule has 0 aliphatic rings. The Hall–Kier alpha value is -1.30. The van der Waals surface area contributed by atoms with Gasteiger partial charge < -0.3 is 0 Å². The molecule has 1 aromatic heterocycles. The topological polar surface area (TPSA) is 78.6 Å². The Morgan fingerprint density at radius 2 is 2.25 bits per heavy atom. The van der Waals surface area contributed by atoms with Crippen LogP contribution in [0.25, 0.3) is 0 Å². The van der Waals surface area contributed by atoms with Gasteiger partial charge in [0, 0.05) is 5.75 Å². The van der Waals surface area contributed by atoms with E-state index in [9.17, 15) is 9.59 Å². The van der Waals surface area contributed by atoms with Gasteiger partial charge in [-0.2, -0.15) is 4.98 Å². The SMILES string of the molecule is C=CCSc1nc(=O)[nH]c(=O)[nH]1. The van der Waals surface area contributed by atoms with Crippen molar-refractivity contribution in [1.82, 2.24) is 15.0 Å². The van der Waals surface area contributed by atoms with Gasteiger partial charge in [-0.05, 0) is 0 Å². The van der Waals surface area contributed by atoms with E-state index in [-0.39, 0.29) is 0 Å². The lowest BCUT2D eigenvalue weighted by Crippen LogP contribution is -2.25. The van der Waals surface area contributed by atoms with E-state index in [1.54, 1.807) is 6.08 Å². The molecule has 0 unspecified atom stereocenters. The Kier molecular flexibility index (Phi) is 2.87. The van der Waals surface area contributed by atoms with Crippen LogP contribution in [0.3, 0.4) is 0 Å². The van der Waals surface area contributed by atoms with E-state index in [4.69, 9.17) is 0 Å². The van der Waals surface area contributed by atoms with E-state index in [1.807, 2.05) is 4.98 Å². The molecule has 2 N–H and O–H groups in total. The third-order valence-corrected chi connectivity index (χ3v) is 1.85. The summed E-state index contributed by atoms with van der Waals surface area (Å²) in [7, 11) is 0. The Morgan fingerprint density at radius 3 is 2.83 bits per heavy atom. The van der Waals surface area contributed by atoms with Crippen LogP contribution in [0.1, 0.15) is 0 Å². The predicted molar refractivity (Wildman–Crippen MR) is 46.4 cm³/mol. The molecule has 64 valence electrons. The fourth-order valence-corrected chi connectivity index (χ4v) is 1.17. The van der Waals surface area contributed by atoms with Crippen molar-refractivity contribution < 1.29 is 0 Å². The highest BCUT2D eigenvalue weighted by Gasteiger charge is 1.96. The summed E-state index contributed by atoms with van der Waals surface area (Å²) in [4.78, 5) is 29.2. The number of nitrogens with one attached hydrogen (secondary N) is 2. The molecule has 0 spiro atoms. The van der Waals surface area contributed by atoms with Gasteiger partial charge in [-0.1, -0.05) is 17.8 Å². The molecule has 1 heterocycles. The standard InChI is InChI=1S/C6H7N3O2S/c1-2-3-12-6-8-4(10)7-5(11)9-6/h2H,1,3H2,(H2,7,8,9,10,11). The zero-order valence-corrected chi connectivity index (χ0v) is 6.98. The van der Waals surface area contributed by atoms with Crippen LogP contribution in [0.15, 0.2) is 27.4 Å². The highest BCUT2D eigenvalue weighted by molar-refractivity contribution is 7.99. The van der Waals surface area contributed by atoms with Gasteiger partial charge in [0.1, 0.15) is 0 Å². The fraction of sp³-hybridized carbons (Fsp3) is 0.167. The molecule has 0 aliphatic carbocycles. The number of hydrogen-bond donors (Lipinski definition) is 2. The molecule has 5 nitrogen and oxygen atoms in total. The molecule has 0 atom stereocenters. The largest absolute Gasteiger partial charge is 0.351 e. The molecular formula is C6H7N3O2S. The molecular weight excluding hydrogens is 178 g/mol. The minimum Gasteiger partial charge on any atom is -0.286 e. The predicted octanol–water partition coefficient (Wildman–Crippen LogP) is -0.264. The highest BCUT2D eigenvalue weighted by atomic mass is 32.2. The first kappa shape index (κ1) is 8.79. The van der Waals surface area contributed by atoms with Crippen molar-refractivity contribution in [3.05, 3.63) is 33.6 Å². The first-order chi connectivity index (χ1) is 5.72. The molecule has 0 bridgehead atoms. The number of rotatable bonds is 3. The number of thioether (sulfide) groups is 1. The van der Waals surface area contributed by atoms with E-state index in [0.717, 1.165) is 0 Å². The van der Waals surface area contributed by atoms with Crippen LogP contribution in [0.4, 0.5) is 0 Å². The molecule has 1 rings (SSSR count). The molecule has 0 amide bonds. The average Bonchev–Trinajstić information content (AvgIpc) is 1.99. The summed E-state index contributed by atoms with van der Waals surface area (Å²) in [6, 6.07) is 0. The molecule has 1 aromatic rings. The summed E-state index contributed by atoms with van der Waals surface area (Å²) in [5.41, 5.74) is -1.17. The average molecular weight is 185 g/mol. The Morgan fingerprint density at radius 1 is 1.50 bits per heavy atom. The van der Waals surface area contributed by atoms with Crippen LogP contribution in [0.2, 0.25) is 0 Å². The Balaban J connectivity index is 2.93. The number of H-pyrrole nitrogens is 2. The van der Waals surface area contributed by atoms with Gasteiger partial charge in [0.15, 0.2) is 5.16 Å². The maximum absolute atomic E-state index is 10.7. The van der Waals surface area contributed by atoms with Crippen LogP contribution in [0.5, 0.6) is 0 Å². The summed E-state index contributed by atoms with van der Waals surface area (Å²) in [6.07, 6.45) is 1.66. The highest BCUT2D eigenvalue weighted by Crippen LogP contribution is 2.07. The molecule has 0 saturated carbocycles. The third-order valence-electron chi connectivity index (χ3n) is 0.982. The normalized spacial score (nSPS) is 9.67. The van der Waals surface area contributed by atoms with Crippen LogP contribution < -0.4 is 11.4 Å². The van der Waals surface area contributed by atoms with E-state index < -0.39 is 11.4 Å². The van der Waals surface area contributed by atoms with Gasteiger partial charge in [-0.15, -0.1) is 6.58 Å². The second-order valence-corrected chi connectivity index (χ2v) is 2.91. The maximum Gasteiger partial charge on any atom is 0.351 e.